The van der Waals surface area contributed by atoms with E-state index < -0.39 is 131 Å². The van der Waals surface area contributed by atoms with Gasteiger partial charge in [-0.2, -0.15) is 119 Å². The second kappa shape index (κ2) is 19.7. The summed E-state index contributed by atoms with van der Waals surface area (Å²) in [7, 11) is 0. The summed E-state index contributed by atoms with van der Waals surface area (Å²) >= 11 is 0. The number of ether oxygens (including phenoxy) is 7. The fourth-order valence-electron chi connectivity index (χ4n) is 4.25. The summed E-state index contributed by atoms with van der Waals surface area (Å²) in [5, 5.41) is 0. The van der Waals surface area contributed by atoms with Crippen molar-refractivity contribution in [3.05, 3.63) is 0 Å². The first kappa shape index (κ1) is 57.8. The second-order valence-electron chi connectivity index (χ2n) is 11.6. The molecule has 35 heteroatoms. The van der Waals surface area contributed by atoms with E-state index in [0.717, 1.165) is 0 Å². The van der Waals surface area contributed by atoms with Gasteiger partial charge in [-0.3, -0.25) is 0 Å². The highest BCUT2D eigenvalue weighted by Crippen LogP contribution is 2.59. The molecule has 0 aliphatic rings. The van der Waals surface area contributed by atoms with Crippen LogP contribution >= 0.6 is 0 Å². The van der Waals surface area contributed by atoms with Crippen LogP contribution in [0.5, 0.6) is 0 Å². The molecule has 0 fully saturated rings. The van der Waals surface area contributed by atoms with E-state index in [-0.39, 0.29) is 26.4 Å². The molecule has 8 nitrogen and oxygen atoms in total. The van der Waals surface area contributed by atoms with Crippen molar-refractivity contribution in [3.8, 4) is 0 Å². The Labute approximate surface area is 315 Å². The Morgan fingerprint density at radius 2 is 0.433 bits per heavy atom. The highest BCUT2D eigenvalue weighted by Gasteiger charge is 2.88. The zero-order chi connectivity index (χ0) is 47.9. The van der Waals surface area contributed by atoms with Crippen LogP contribution in [0.25, 0.3) is 0 Å². The molecule has 0 aromatic carbocycles. The summed E-state index contributed by atoms with van der Waals surface area (Å²) < 4.78 is 394. The summed E-state index contributed by atoms with van der Waals surface area (Å²) in [6.45, 7) is -19.0. The lowest BCUT2D eigenvalue weighted by Crippen LogP contribution is -2.71. The maximum Gasteiger partial charge on any atom is 0.435 e. The average Bonchev–Trinajstić information content (AvgIpc) is 2.96. The average molecular weight is 965 g/mol. The largest absolute Gasteiger partial charge is 0.435 e. The maximum absolute atomic E-state index is 13.6. The van der Waals surface area contributed by atoms with E-state index in [2.05, 4.69) is 23.7 Å². The molecule has 362 valence electrons. The summed E-state index contributed by atoms with van der Waals surface area (Å²) in [6, 6.07) is 0. The van der Waals surface area contributed by atoms with Gasteiger partial charge in [-0.1, -0.05) is 0 Å². The number of rotatable bonds is 22. The van der Waals surface area contributed by atoms with Crippen molar-refractivity contribution in [3.63, 3.8) is 0 Å². The van der Waals surface area contributed by atoms with E-state index in [4.69, 9.17) is 15.2 Å². The van der Waals surface area contributed by atoms with E-state index in [1.165, 1.54) is 0 Å². The molecule has 0 aliphatic heterocycles. The van der Waals surface area contributed by atoms with Crippen LogP contribution < -0.4 is 5.73 Å². The number of nitrogens with two attached hydrogens (primary N) is 1. The molecule has 0 rings (SSSR count). The van der Waals surface area contributed by atoms with Crippen molar-refractivity contribution in [2.45, 2.75) is 72.4 Å². The molecular weight excluding hydrogens is 939 g/mol. The molecule has 0 aliphatic carbocycles. The molecule has 0 saturated carbocycles. The lowest BCUT2D eigenvalue weighted by atomic mass is 9.89. The first-order chi connectivity index (χ1) is 26.4. The minimum atomic E-state index is -8.05. The van der Waals surface area contributed by atoms with Crippen molar-refractivity contribution < 1.29 is 152 Å². The van der Waals surface area contributed by atoms with Gasteiger partial charge in [0.2, 0.25) is 0 Å². The topological polar surface area (TPSA) is 90.6 Å². The van der Waals surface area contributed by atoms with Crippen LogP contribution in [0.15, 0.2) is 0 Å². The summed E-state index contributed by atoms with van der Waals surface area (Å²) in [6.07, 6.45) is -72.5. The van der Waals surface area contributed by atoms with Crippen LogP contribution in [0.3, 0.4) is 0 Å². The molecule has 0 saturated heterocycles. The quantitative estimate of drug-likeness (QED) is 0.0857. The molecule has 2 N–H and O–H groups in total. The smallest absolute Gasteiger partial charge is 0.378 e. The van der Waals surface area contributed by atoms with E-state index >= 15 is 0 Å². The van der Waals surface area contributed by atoms with Crippen LogP contribution in [0, 0.1) is 5.41 Å². The van der Waals surface area contributed by atoms with Crippen molar-refractivity contribution in [2.24, 2.45) is 11.1 Å². The van der Waals surface area contributed by atoms with Crippen LogP contribution in [-0.4, -0.2) is 152 Å². The monoisotopic (exact) mass is 965 g/mol. The van der Waals surface area contributed by atoms with Crippen LogP contribution in [0.4, 0.5) is 119 Å². The fourth-order valence-corrected chi connectivity index (χ4v) is 4.25. The van der Waals surface area contributed by atoms with Gasteiger partial charge in [-0.15, -0.1) is 0 Å². The van der Waals surface area contributed by atoms with Crippen molar-refractivity contribution in [2.75, 3.05) is 79.2 Å². The normalized spacial score (nSPS) is 15.6. The lowest BCUT2D eigenvalue weighted by molar-refractivity contribution is -0.474. The molecule has 0 radical (unpaired) electrons. The van der Waals surface area contributed by atoms with Gasteiger partial charge in [0.1, 0.15) is 0 Å². The number of halogens is 27. The number of hydrogen-bond acceptors (Lipinski definition) is 8. The third-order valence-electron chi connectivity index (χ3n) is 7.16. The molecule has 0 amide bonds. The summed E-state index contributed by atoms with van der Waals surface area (Å²) in [4.78, 5) is 0. The van der Waals surface area contributed by atoms with E-state index in [0.29, 0.717) is 0 Å². The molecule has 60 heavy (non-hydrogen) atoms. The predicted molar refractivity (Wildman–Crippen MR) is 135 cm³/mol. The van der Waals surface area contributed by atoms with Gasteiger partial charge in [0.05, 0.1) is 78.1 Å². The Kier molecular flexibility index (Phi) is 18.9. The molecule has 0 aromatic heterocycles. The first-order valence-electron chi connectivity index (χ1n) is 15.0. The minimum Gasteiger partial charge on any atom is -0.378 e. The van der Waals surface area contributed by atoms with Crippen molar-refractivity contribution in [1.82, 2.24) is 0 Å². The van der Waals surface area contributed by atoms with Crippen LogP contribution in [0.1, 0.15) is 0 Å². The first-order valence-corrected chi connectivity index (χ1v) is 15.0. The SMILES string of the molecule is NCCOCCOCCOCCOCC(COC(C(F)(F)F)(C(F)(F)F)C(F)(F)F)(COC(C(F)(F)F)(C(F)(F)F)C(F)(F)F)COC(C(F)(F)F)(C(F)(F)F)C(F)(F)F. The molecule has 0 atom stereocenters. The molecular formula is C25H26F27NO7. The Bertz CT molecular complexity index is 1040. The highest BCUT2D eigenvalue weighted by atomic mass is 19.5. The van der Waals surface area contributed by atoms with Crippen molar-refractivity contribution in [1.29, 1.82) is 0 Å². The molecule has 0 bridgehead atoms. The Balaban J connectivity index is 7.83. The van der Waals surface area contributed by atoms with E-state index in [1.54, 1.807) is 0 Å². The molecule has 0 spiro atoms. The molecule has 0 unspecified atom stereocenters. The summed E-state index contributed by atoms with van der Waals surface area (Å²) in [5.41, 5.74) is -23.8. The second-order valence-corrected chi connectivity index (χ2v) is 11.6. The number of alkyl halides is 27. The Hall–Kier alpha value is -2.21. The van der Waals surface area contributed by atoms with Gasteiger partial charge >= 0.3 is 72.4 Å². The van der Waals surface area contributed by atoms with Gasteiger partial charge in [0.15, 0.2) is 0 Å². The van der Waals surface area contributed by atoms with Crippen LogP contribution in [0.2, 0.25) is 0 Å². The standard InChI is InChI=1S/C25H26F27NO7/c26-17(27,28)14(18(29,30)31,19(32,33)34)58-10-13(9-57-8-7-56-6-5-55-4-3-54-2-1-53,11-59-15(20(35,36)37,21(38,39)40)22(41,42)43)12-60-16(23(44,45)46,24(47,48)49)25(50,51)52/h1-12,53H2. The predicted octanol–water partition coefficient (Wildman–Crippen LogP) is 8.32. The van der Waals surface area contributed by atoms with Gasteiger partial charge < -0.3 is 38.9 Å². The highest BCUT2D eigenvalue weighted by molar-refractivity contribution is 5.06. The fraction of sp³-hybridized carbons (Fsp3) is 1.00. The lowest BCUT2D eigenvalue weighted by Gasteiger charge is -2.45. The Morgan fingerprint density at radius 3 is 0.617 bits per heavy atom. The third kappa shape index (κ3) is 12.7. The third-order valence-corrected chi connectivity index (χ3v) is 7.16. The Morgan fingerprint density at radius 1 is 0.250 bits per heavy atom. The maximum atomic E-state index is 13.6. The number of hydrogen-bond donors (Lipinski definition) is 1. The van der Waals surface area contributed by atoms with E-state index in [1.807, 2.05) is 0 Å². The zero-order valence-corrected chi connectivity index (χ0v) is 28.6. The van der Waals surface area contributed by atoms with Gasteiger partial charge in [0, 0.05) is 6.54 Å². The molecule has 0 aromatic rings. The molecule has 0 heterocycles. The van der Waals surface area contributed by atoms with Crippen molar-refractivity contribution >= 4 is 0 Å². The minimum absolute atomic E-state index is 0.0383. The summed E-state index contributed by atoms with van der Waals surface area (Å²) in [5.74, 6) is 0. The van der Waals surface area contributed by atoms with Gasteiger partial charge in [-0.05, 0) is 0 Å². The van der Waals surface area contributed by atoms with Gasteiger partial charge in [0.25, 0.3) is 0 Å². The zero-order valence-electron chi connectivity index (χ0n) is 28.6. The van der Waals surface area contributed by atoms with Crippen LogP contribution in [-0.2, 0) is 33.2 Å². The van der Waals surface area contributed by atoms with Gasteiger partial charge in [-0.25, -0.2) is 0 Å². The van der Waals surface area contributed by atoms with E-state index in [9.17, 15) is 119 Å².